The van der Waals surface area contributed by atoms with Crippen molar-refractivity contribution in [2.24, 2.45) is 22.9 Å². The molecule has 75 heavy (non-hydrogen) atoms. The lowest BCUT2D eigenvalue weighted by molar-refractivity contribution is -0.384. The van der Waals surface area contributed by atoms with Crippen molar-refractivity contribution in [3.63, 3.8) is 0 Å². The summed E-state index contributed by atoms with van der Waals surface area (Å²) in [5, 5.41) is 39.3. The zero-order chi connectivity index (χ0) is 53.0. The Kier molecular flexibility index (Phi) is 21.5. The molecule has 3 aromatic carbocycles. The molecule has 3 aromatic rings. The molecule has 7 rings (SSSR count). The molecule has 2 aliphatic carbocycles. The first-order valence-corrected chi connectivity index (χ1v) is 27.4. The zero-order valence-corrected chi connectivity index (χ0v) is 44.0. The number of nitrogens with zero attached hydrogens (tertiary/aromatic N) is 3. The lowest BCUT2D eigenvalue weighted by Gasteiger charge is -2.60. The first kappa shape index (κ1) is 56.5. The fraction of sp³-hybridized carbons (Fsp3) is 0.542. The zero-order valence-electron chi connectivity index (χ0n) is 44.0. The number of oxime groups is 1. The number of nitrogens with one attached hydrogen (secondary N) is 1. The summed E-state index contributed by atoms with van der Waals surface area (Å²) in [4.78, 5) is 47.4. The molecule has 6 atom stereocenters. The van der Waals surface area contributed by atoms with Gasteiger partial charge in [0.15, 0.2) is 11.5 Å². The van der Waals surface area contributed by atoms with E-state index in [-0.39, 0.29) is 69.6 Å². The SMILES string of the molecule is C=CCOC12Oc3ccc(OC(=O)NCCCCCCCCCCCC)cc3C3C(CCCCO)C(CCCCO)C=C(C(=NOCC)CC1N(Cc1ccc4c(c1)OCO4)C(=O)C=Cc1ccc([N+](=O)[O-])cc1)C32. The van der Waals surface area contributed by atoms with Crippen LogP contribution in [-0.2, 0) is 20.9 Å². The fourth-order valence-electron chi connectivity index (χ4n) is 11.3. The number of non-ortho nitro benzene ring substituents is 1. The van der Waals surface area contributed by atoms with Crippen molar-refractivity contribution in [3.05, 3.63) is 118 Å². The van der Waals surface area contributed by atoms with E-state index in [4.69, 9.17) is 33.7 Å². The van der Waals surface area contributed by atoms with E-state index < -0.39 is 34.7 Å². The number of hydrogen-bond acceptors (Lipinski definition) is 13. The van der Waals surface area contributed by atoms with Gasteiger partial charge in [-0.05, 0) is 116 Å². The normalized spacial score (nSPS) is 21.7. The van der Waals surface area contributed by atoms with Gasteiger partial charge in [0, 0.05) is 62.4 Å². The van der Waals surface area contributed by atoms with Crippen LogP contribution in [0.4, 0.5) is 10.5 Å². The Bertz CT molecular complexity index is 2460. The molecule has 16 nitrogen and oxygen atoms in total. The van der Waals surface area contributed by atoms with Gasteiger partial charge in [-0.15, -0.1) is 6.58 Å². The number of benzene rings is 3. The largest absolute Gasteiger partial charge is 0.459 e. The van der Waals surface area contributed by atoms with E-state index in [1.807, 2.05) is 37.3 Å². The van der Waals surface area contributed by atoms with Crippen molar-refractivity contribution in [2.75, 3.05) is 39.8 Å². The number of allylic oxidation sites excluding steroid dienone is 1. The Balaban J connectivity index is 1.30. The monoisotopic (exact) mass is 1030 g/mol. The number of hydrogen-bond donors (Lipinski definition) is 3. The van der Waals surface area contributed by atoms with Crippen molar-refractivity contribution < 1.29 is 53.2 Å². The minimum Gasteiger partial charge on any atom is -0.459 e. The van der Waals surface area contributed by atoms with Crippen LogP contribution in [0.5, 0.6) is 23.0 Å². The van der Waals surface area contributed by atoms with Crippen LogP contribution >= 0.6 is 0 Å². The molecule has 2 amide bonds. The lowest BCUT2D eigenvalue weighted by Crippen LogP contribution is -2.70. The van der Waals surface area contributed by atoms with Crippen LogP contribution in [0.25, 0.3) is 6.08 Å². The molecule has 406 valence electrons. The Labute approximate surface area is 442 Å². The summed E-state index contributed by atoms with van der Waals surface area (Å²) in [7, 11) is 0. The van der Waals surface area contributed by atoms with Crippen molar-refractivity contribution in [1.29, 1.82) is 0 Å². The van der Waals surface area contributed by atoms with Crippen LogP contribution in [-0.4, -0.2) is 89.3 Å². The number of aliphatic hydroxyl groups is 2. The van der Waals surface area contributed by atoms with Crippen LogP contribution in [0.3, 0.4) is 0 Å². The third-order valence-corrected chi connectivity index (χ3v) is 14.9. The second-order valence-corrected chi connectivity index (χ2v) is 20.0. The van der Waals surface area contributed by atoms with Crippen LogP contribution in [0.1, 0.15) is 146 Å². The fourth-order valence-corrected chi connectivity index (χ4v) is 11.3. The highest BCUT2D eigenvalue weighted by atomic mass is 16.7. The minimum atomic E-state index is -1.57. The number of unbranched alkanes of at least 4 members (excludes halogenated alkanes) is 11. The number of carbonyl (C=O) groups is 2. The first-order chi connectivity index (χ1) is 36.6. The van der Waals surface area contributed by atoms with E-state index in [0.29, 0.717) is 53.7 Å². The first-order valence-electron chi connectivity index (χ1n) is 27.4. The van der Waals surface area contributed by atoms with Gasteiger partial charge in [-0.2, -0.15) is 0 Å². The molecular weight excluding hydrogens is 957 g/mol. The Hall–Kier alpha value is -6.23. The molecule has 0 spiro atoms. The van der Waals surface area contributed by atoms with Crippen LogP contribution in [0.15, 0.2) is 96.2 Å². The van der Waals surface area contributed by atoms with Gasteiger partial charge >= 0.3 is 6.09 Å². The summed E-state index contributed by atoms with van der Waals surface area (Å²) >= 11 is 0. The van der Waals surface area contributed by atoms with E-state index >= 15 is 4.79 Å². The summed E-state index contributed by atoms with van der Waals surface area (Å²) in [6, 6.07) is 16.1. The summed E-state index contributed by atoms with van der Waals surface area (Å²) in [6.07, 6.45) is 22.7. The molecule has 0 bridgehead atoms. The number of rotatable bonds is 31. The van der Waals surface area contributed by atoms with Crippen molar-refractivity contribution in [2.45, 2.75) is 147 Å². The van der Waals surface area contributed by atoms with Crippen molar-refractivity contribution >= 4 is 29.5 Å². The quantitative estimate of drug-likeness (QED) is 0.0181. The maximum atomic E-state index is 15.3. The molecule has 1 saturated carbocycles. The molecule has 0 aromatic heterocycles. The summed E-state index contributed by atoms with van der Waals surface area (Å²) < 4.78 is 32.1. The number of nitro benzene ring substituents is 1. The summed E-state index contributed by atoms with van der Waals surface area (Å²) in [5.74, 6) is -1.01. The number of aliphatic hydroxyl groups excluding tert-OH is 2. The van der Waals surface area contributed by atoms with Crippen molar-refractivity contribution in [3.8, 4) is 23.0 Å². The highest BCUT2D eigenvalue weighted by molar-refractivity contribution is 6.03. The van der Waals surface area contributed by atoms with E-state index in [1.165, 1.54) is 63.2 Å². The topological polar surface area (TPSA) is 201 Å². The molecule has 6 unspecified atom stereocenters. The van der Waals surface area contributed by atoms with Gasteiger partial charge in [0.2, 0.25) is 18.5 Å². The Morgan fingerprint density at radius 2 is 1.59 bits per heavy atom. The van der Waals surface area contributed by atoms with E-state index in [9.17, 15) is 25.1 Å². The highest BCUT2D eigenvalue weighted by Gasteiger charge is 2.65. The second-order valence-electron chi connectivity index (χ2n) is 20.0. The van der Waals surface area contributed by atoms with Gasteiger partial charge in [-0.25, -0.2) is 4.79 Å². The molecule has 3 N–H and O–H groups in total. The van der Waals surface area contributed by atoms with Gasteiger partial charge in [-0.3, -0.25) is 14.9 Å². The van der Waals surface area contributed by atoms with E-state index in [2.05, 4.69) is 24.9 Å². The maximum absolute atomic E-state index is 15.3. The minimum absolute atomic E-state index is 0.0112. The Morgan fingerprint density at radius 3 is 2.29 bits per heavy atom. The number of fused-ring (bicyclic) bond motifs is 3. The number of nitro groups is 1. The molecule has 2 heterocycles. The van der Waals surface area contributed by atoms with Crippen LogP contribution in [0, 0.1) is 27.9 Å². The van der Waals surface area contributed by atoms with Crippen molar-refractivity contribution in [1.82, 2.24) is 10.2 Å². The molecule has 16 heteroatoms. The number of carbonyl (C=O) groups excluding carboxylic acids is 2. The lowest BCUT2D eigenvalue weighted by atomic mass is 9.55. The molecule has 4 aliphatic rings. The third kappa shape index (κ3) is 14.6. The third-order valence-electron chi connectivity index (χ3n) is 14.9. The molecule has 0 saturated heterocycles. The van der Waals surface area contributed by atoms with E-state index in [1.54, 1.807) is 35.3 Å². The summed E-state index contributed by atoms with van der Waals surface area (Å²) in [6.45, 7) is 9.24. The second kappa shape index (κ2) is 28.6. The van der Waals surface area contributed by atoms with Gasteiger partial charge in [0.1, 0.15) is 24.1 Å². The maximum Gasteiger partial charge on any atom is 0.412 e. The summed E-state index contributed by atoms with van der Waals surface area (Å²) in [5.41, 5.74) is 3.57. The molecule has 1 fully saturated rings. The predicted octanol–water partition coefficient (Wildman–Crippen LogP) is 11.7. The van der Waals surface area contributed by atoms with Gasteiger partial charge < -0.3 is 49.0 Å². The average Bonchev–Trinajstić information content (AvgIpc) is 3.93. The predicted molar refractivity (Wildman–Crippen MR) is 288 cm³/mol. The van der Waals surface area contributed by atoms with Gasteiger partial charge in [0.25, 0.3) is 5.69 Å². The Morgan fingerprint density at radius 1 is 0.880 bits per heavy atom. The molecule has 0 radical (unpaired) electrons. The standard InChI is InChI=1S/C59H78N4O12/c1-4-7-8-9-10-11-12-13-14-17-32-60-58(67)74-46-28-30-51-49(38-46)56-47(21-16-19-34-65)44(20-15-18-33-64)37-48-50(61-73-6-3)39-54(59(75-51,57(48)56)72-35-5-2)62(40-43-24-29-52-53(36-43)71-41-70-52)55(66)31-25-42-22-26-45(27-23-42)63(68)69/h5,22-31,36-38,44,47,54,56-57,64-65H,2,4,6-21,32-35,39-41H2,1,3H3,(H,60,67). The number of amides is 2. The molecular formula is C59H78N4O12. The van der Waals surface area contributed by atoms with E-state index in [0.717, 1.165) is 61.6 Å². The smallest absolute Gasteiger partial charge is 0.412 e. The number of ether oxygens (including phenoxy) is 5. The molecule has 2 aliphatic heterocycles. The van der Waals surface area contributed by atoms with Gasteiger partial charge in [-0.1, -0.05) is 101 Å². The van der Waals surface area contributed by atoms with Gasteiger partial charge in [0.05, 0.1) is 23.2 Å². The highest BCUT2D eigenvalue weighted by Crippen LogP contribution is 2.62. The van der Waals surface area contributed by atoms with Crippen LogP contribution in [0.2, 0.25) is 0 Å². The average molecular weight is 1040 g/mol. The van der Waals surface area contributed by atoms with Crippen LogP contribution < -0.4 is 24.3 Å².